The minimum atomic E-state index is -3.45. The number of furan rings is 1. The SMILES string of the molecule is CCNS(=O)(=O)c1ccc(CNC)o1. The molecule has 0 atom stereocenters. The maximum Gasteiger partial charge on any atom is 0.273 e. The Morgan fingerprint density at radius 1 is 1.43 bits per heavy atom. The maximum atomic E-state index is 11.4. The predicted molar refractivity (Wildman–Crippen MR) is 52.3 cm³/mol. The Labute approximate surface area is 83.5 Å². The van der Waals surface area contributed by atoms with E-state index in [9.17, 15) is 8.42 Å². The molecule has 0 aliphatic rings. The summed E-state index contributed by atoms with van der Waals surface area (Å²) in [5.74, 6) is 0.601. The normalized spacial score (nSPS) is 11.9. The van der Waals surface area contributed by atoms with Gasteiger partial charge >= 0.3 is 0 Å². The van der Waals surface area contributed by atoms with Crippen molar-refractivity contribution in [3.8, 4) is 0 Å². The van der Waals surface area contributed by atoms with Gasteiger partial charge in [0.2, 0.25) is 5.09 Å². The van der Waals surface area contributed by atoms with E-state index in [0.717, 1.165) is 0 Å². The minimum absolute atomic E-state index is 0.0374. The third kappa shape index (κ3) is 2.57. The molecule has 1 rings (SSSR count). The molecule has 0 aromatic carbocycles. The van der Waals surface area contributed by atoms with Crippen molar-refractivity contribution in [1.29, 1.82) is 0 Å². The molecule has 1 aromatic heterocycles. The highest BCUT2D eigenvalue weighted by molar-refractivity contribution is 7.89. The lowest BCUT2D eigenvalue weighted by atomic mass is 10.4. The molecular formula is C8H14N2O3S. The lowest BCUT2D eigenvalue weighted by molar-refractivity contribution is 0.405. The van der Waals surface area contributed by atoms with Gasteiger partial charge in [0.1, 0.15) is 5.76 Å². The van der Waals surface area contributed by atoms with Crippen molar-refractivity contribution in [2.45, 2.75) is 18.6 Å². The van der Waals surface area contributed by atoms with Crippen molar-refractivity contribution in [3.05, 3.63) is 17.9 Å². The molecule has 0 amide bonds. The van der Waals surface area contributed by atoms with Gasteiger partial charge in [0.05, 0.1) is 6.54 Å². The van der Waals surface area contributed by atoms with Gasteiger partial charge in [-0.1, -0.05) is 6.92 Å². The first kappa shape index (κ1) is 11.2. The number of hydrogen-bond acceptors (Lipinski definition) is 4. The predicted octanol–water partition coefficient (Wildman–Crippen LogP) is 0.297. The average molecular weight is 218 g/mol. The summed E-state index contributed by atoms with van der Waals surface area (Å²) in [6, 6.07) is 3.09. The van der Waals surface area contributed by atoms with Crippen LogP contribution in [0.15, 0.2) is 21.6 Å². The van der Waals surface area contributed by atoms with Gasteiger partial charge in [-0.3, -0.25) is 0 Å². The van der Waals surface area contributed by atoms with E-state index in [2.05, 4.69) is 10.0 Å². The number of hydrogen-bond donors (Lipinski definition) is 2. The quantitative estimate of drug-likeness (QED) is 0.745. The van der Waals surface area contributed by atoms with Crippen molar-refractivity contribution in [1.82, 2.24) is 10.0 Å². The Hall–Kier alpha value is -0.850. The van der Waals surface area contributed by atoms with Crippen LogP contribution in [-0.2, 0) is 16.6 Å². The molecule has 0 aliphatic heterocycles. The molecule has 0 saturated heterocycles. The topological polar surface area (TPSA) is 71.3 Å². The fourth-order valence-corrected chi connectivity index (χ4v) is 2.02. The van der Waals surface area contributed by atoms with Gasteiger partial charge in [0.25, 0.3) is 10.0 Å². The zero-order chi connectivity index (χ0) is 10.6. The second-order valence-electron chi connectivity index (χ2n) is 2.75. The molecule has 14 heavy (non-hydrogen) atoms. The summed E-state index contributed by atoms with van der Waals surface area (Å²) in [5, 5.41) is 2.83. The number of rotatable bonds is 5. The molecule has 2 N–H and O–H groups in total. The minimum Gasteiger partial charge on any atom is -0.447 e. The highest BCUT2D eigenvalue weighted by atomic mass is 32.2. The molecule has 0 bridgehead atoms. The molecule has 0 unspecified atom stereocenters. The van der Waals surface area contributed by atoms with Crippen LogP contribution in [0.4, 0.5) is 0 Å². The van der Waals surface area contributed by atoms with Gasteiger partial charge in [-0.15, -0.1) is 0 Å². The molecule has 1 heterocycles. The van der Waals surface area contributed by atoms with E-state index in [0.29, 0.717) is 18.8 Å². The summed E-state index contributed by atoms with van der Waals surface area (Å²) in [5.41, 5.74) is 0. The van der Waals surface area contributed by atoms with E-state index < -0.39 is 10.0 Å². The van der Waals surface area contributed by atoms with E-state index >= 15 is 0 Å². The third-order valence-electron chi connectivity index (χ3n) is 1.59. The summed E-state index contributed by atoms with van der Waals surface area (Å²) in [6.45, 7) is 2.58. The van der Waals surface area contributed by atoms with Crippen LogP contribution in [0.5, 0.6) is 0 Å². The largest absolute Gasteiger partial charge is 0.447 e. The van der Waals surface area contributed by atoms with Gasteiger partial charge in [0, 0.05) is 6.54 Å². The Morgan fingerprint density at radius 3 is 2.71 bits per heavy atom. The first-order valence-electron chi connectivity index (χ1n) is 4.33. The molecular weight excluding hydrogens is 204 g/mol. The van der Waals surface area contributed by atoms with Crippen molar-refractivity contribution in [2.24, 2.45) is 0 Å². The van der Waals surface area contributed by atoms with Gasteiger partial charge < -0.3 is 9.73 Å². The summed E-state index contributed by atoms with van der Waals surface area (Å²) in [7, 11) is -1.69. The van der Waals surface area contributed by atoms with Crippen molar-refractivity contribution >= 4 is 10.0 Å². The van der Waals surface area contributed by atoms with Gasteiger partial charge in [0.15, 0.2) is 0 Å². The summed E-state index contributed by atoms with van der Waals surface area (Å²) in [6.07, 6.45) is 0. The van der Waals surface area contributed by atoms with E-state index in [1.165, 1.54) is 6.07 Å². The zero-order valence-corrected chi connectivity index (χ0v) is 9.02. The van der Waals surface area contributed by atoms with Crippen LogP contribution in [0.1, 0.15) is 12.7 Å². The van der Waals surface area contributed by atoms with Crippen LogP contribution in [0.25, 0.3) is 0 Å². The Morgan fingerprint density at radius 2 is 2.14 bits per heavy atom. The summed E-state index contributed by atoms with van der Waals surface area (Å²) in [4.78, 5) is 0. The fourth-order valence-electron chi connectivity index (χ4n) is 1.03. The van der Waals surface area contributed by atoms with E-state index in [1.807, 2.05) is 0 Å². The van der Waals surface area contributed by atoms with Gasteiger partial charge in [-0.25, -0.2) is 13.1 Å². The number of sulfonamides is 1. The van der Waals surface area contributed by atoms with Gasteiger partial charge in [-0.2, -0.15) is 0 Å². The van der Waals surface area contributed by atoms with E-state index in [-0.39, 0.29) is 5.09 Å². The Balaban J connectivity index is 2.86. The van der Waals surface area contributed by atoms with E-state index in [4.69, 9.17) is 4.42 Å². The summed E-state index contributed by atoms with van der Waals surface area (Å²) >= 11 is 0. The molecule has 80 valence electrons. The van der Waals surface area contributed by atoms with Crippen molar-refractivity contribution in [3.63, 3.8) is 0 Å². The van der Waals surface area contributed by atoms with Gasteiger partial charge in [-0.05, 0) is 19.2 Å². The standard InChI is InChI=1S/C8H14N2O3S/c1-3-10-14(11,12)8-5-4-7(13-8)6-9-2/h4-5,9-10H,3,6H2,1-2H3. The Kier molecular flexibility index (Phi) is 3.68. The lowest BCUT2D eigenvalue weighted by Gasteiger charge is -1.99. The first-order chi connectivity index (χ1) is 6.60. The van der Waals surface area contributed by atoms with Crippen molar-refractivity contribution < 1.29 is 12.8 Å². The van der Waals surface area contributed by atoms with Crippen LogP contribution in [-0.4, -0.2) is 22.0 Å². The second-order valence-corrected chi connectivity index (χ2v) is 4.45. The third-order valence-corrected chi connectivity index (χ3v) is 3.01. The molecule has 0 spiro atoms. The number of nitrogens with one attached hydrogen (secondary N) is 2. The monoisotopic (exact) mass is 218 g/mol. The average Bonchev–Trinajstić information content (AvgIpc) is 2.54. The molecule has 0 aliphatic carbocycles. The molecule has 1 aromatic rings. The molecule has 5 nitrogen and oxygen atoms in total. The molecule has 0 radical (unpaired) electrons. The Bertz CT molecular complexity index is 383. The van der Waals surface area contributed by atoms with Crippen LogP contribution in [0.3, 0.4) is 0 Å². The summed E-state index contributed by atoms with van der Waals surface area (Å²) < 4.78 is 30.3. The molecule has 0 fully saturated rings. The molecule has 6 heteroatoms. The fraction of sp³-hybridized carbons (Fsp3) is 0.500. The lowest BCUT2D eigenvalue weighted by Crippen LogP contribution is -2.22. The zero-order valence-electron chi connectivity index (χ0n) is 8.20. The van der Waals surface area contributed by atoms with Crippen LogP contribution in [0.2, 0.25) is 0 Å². The van der Waals surface area contributed by atoms with Crippen LogP contribution >= 0.6 is 0 Å². The maximum absolute atomic E-state index is 11.4. The second kappa shape index (κ2) is 4.59. The van der Waals surface area contributed by atoms with Crippen LogP contribution in [0, 0.1) is 0 Å². The van der Waals surface area contributed by atoms with E-state index in [1.54, 1.807) is 20.0 Å². The first-order valence-corrected chi connectivity index (χ1v) is 5.81. The highest BCUT2D eigenvalue weighted by Gasteiger charge is 2.16. The molecule has 0 saturated carbocycles. The highest BCUT2D eigenvalue weighted by Crippen LogP contribution is 2.13. The van der Waals surface area contributed by atoms with Crippen LogP contribution < -0.4 is 10.0 Å². The van der Waals surface area contributed by atoms with Crippen molar-refractivity contribution in [2.75, 3.05) is 13.6 Å². The smallest absolute Gasteiger partial charge is 0.273 e.